The highest BCUT2D eigenvalue weighted by Gasteiger charge is 2.32. The van der Waals surface area contributed by atoms with Gasteiger partial charge < -0.3 is 5.32 Å². The number of halogens is 3. The molecule has 0 bridgehead atoms. The molecule has 1 heterocycles. The SMILES string of the molecule is FC(F)(F)c1ccccc1CC[C@@H]1CCCNC1. The molecular formula is C14H18F3N. The lowest BCUT2D eigenvalue weighted by atomic mass is 9.91. The van der Waals surface area contributed by atoms with Gasteiger partial charge in [0.15, 0.2) is 0 Å². The predicted octanol–water partition coefficient (Wildman–Crippen LogP) is 3.64. The van der Waals surface area contributed by atoms with Gasteiger partial charge in [0.25, 0.3) is 0 Å². The van der Waals surface area contributed by atoms with Crippen LogP contribution < -0.4 is 5.32 Å². The van der Waals surface area contributed by atoms with E-state index in [1.54, 1.807) is 12.1 Å². The number of aryl methyl sites for hydroxylation is 1. The van der Waals surface area contributed by atoms with E-state index in [0.717, 1.165) is 32.4 Å². The molecule has 0 aromatic heterocycles. The topological polar surface area (TPSA) is 12.0 Å². The summed E-state index contributed by atoms with van der Waals surface area (Å²) in [7, 11) is 0. The van der Waals surface area contributed by atoms with Crippen LogP contribution in [0, 0.1) is 5.92 Å². The van der Waals surface area contributed by atoms with E-state index in [0.29, 0.717) is 17.9 Å². The smallest absolute Gasteiger partial charge is 0.316 e. The van der Waals surface area contributed by atoms with Gasteiger partial charge in [-0.3, -0.25) is 0 Å². The maximum absolute atomic E-state index is 12.8. The van der Waals surface area contributed by atoms with Crippen LogP contribution >= 0.6 is 0 Å². The van der Waals surface area contributed by atoms with Crippen molar-refractivity contribution in [2.45, 2.75) is 31.9 Å². The number of hydrogen-bond donors (Lipinski definition) is 1. The number of alkyl halides is 3. The molecule has 1 aromatic carbocycles. The predicted molar refractivity (Wildman–Crippen MR) is 65.4 cm³/mol. The summed E-state index contributed by atoms with van der Waals surface area (Å²) in [6.45, 7) is 1.98. The van der Waals surface area contributed by atoms with Crippen LogP contribution in [0.1, 0.15) is 30.4 Å². The Morgan fingerprint density at radius 2 is 2.00 bits per heavy atom. The van der Waals surface area contributed by atoms with Gasteiger partial charge in [0.1, 0.15) is 0 Å². The second-order valence-electron chi connectivity index (χ2n) is 4.91. The van der Waals surface area contributed by atoms with Gasteiger partial charge in [-0.05, 0) is 56.3 Å². The molecule has 0 spiro atoms. The average molecular weight is 257 g/mol. The van der Waals surface area contributed by atoms with Gasteiger partial charge in [-0.15, -0.1) is 0 Å². The Hall–Kier alpha value is -1.03. The molecular weight excluding hydrogens is 239 g/mol. The summed E-state index contributed by atoms with van der Waals surface area (Å²) in [5.74, 6) is 0.514. The highest BCUT2D eigenvalue weighted by Crippen LogP contribution is 2.33. The van der Waals surface area contributed by atoms with E-state index in [1.165, 1.54) is 12.1 Å². The molecule has 1 aliphatic rings. The second kappa shape index (κ2) is 5.74. The number of hydrogen-bond acceptors (Lipinski definition) is 1. The third kappa shape index (κ3) is 3.48. The molecule has 1 aliphatic heterocycles. The van der Waals surface area contributed by atoms with Gasteiger partial charge in [0.05, 0.1) is 5.56 Å². The van der Waals surface area contributed by atoms with Gasteiger partial charge in [0.2, 0.25) is 0 Å². The minimum Gasteiger partial charge on any atom is -0.316 e. The van der Waals surface area contributed by atoms with Gasteiger partial charge in [0, 0.05) is 0 Å². The first-order chi connectivity index (χ1) is 8.57. The summed E-state index contributed by atoms with van der Waals surface area (Å²) in [6, 6.07) is 5.91. The summed E-state index contributed by atoms with van der Waals surface area (Å²) in [5.41, 5.74) is -0.0515. The molecule has 1 saturated heterocycles. The molecule has 18 heavy (non-hydrogen) atoms. The van der Waals surface area contributed by atoms with Gasteiger partial charge in [-0.25, -0.2) is 0 Å². The Bertz CT molecular complexity index is 381. The van der Waals surface area contributed by atoms with Crippen LogP contribution in [0.2, 0.25) is 0 Å². The Morgan fingerprint density at radius 3 is 2.67 bits per heavy atom. The molecule has 0 saturated carbocycles. The fourth-order valence-electron chi connectivity index (χ4n) is 2.54. The summed E-state index contributed by atoms with van der Waals surface area (Å²) in [5, 5.41) is 3.29. The molecule has 1 atom stereocenters. The highest BCUT2D eigenvalue weighted by molar-refractivity contribution is 5.29. The lowest BCUT2D eigenvalue weighted by Crippen LogP contribution is -2.30. The van der Waals surface area contributed by atoms with Crippen molar-refractivity contribution in [1.82, 2.24) is 5.32 Å². The molecule has 4 heteroatoms. The third-order valence-electron chi connectivity index (χ3n) is 3.54. The molecule has 0 unspecified atom stereocenters. The molecule has 100 valence electrons. The number of nitrogens with one attached hydrogen (secondary N) is 1. The minimum atomic E-state index is -4.23. The number of benzene rings is 1. The van der Waals surface area contributed by atoms with Crippen LogP contribution in [0.5, 0.6) is 0 Å². The van der Waals surface area contributed by atoms with Crippen molar-refractivity contribution in [3.63, 3.8) is 0 Å². The van der Waals surface area contributed by atoms with Crippen LogP contribution in [0.15, 0.2) is 24.3 Å². The van der Waals surface area contributed by atoms with E-state index in [2.05, 4.69) is 5.32 Å². The molecule has 1 N–H and O–H groups in total. The van der Waals surface area contributed by atoms with E-state index in [1.807, 2.05) is 0 Å². The van der Waals surface area contributed by atoms with E-state index in [9.17, 15) is 13.2 Å². The Balaban J connectivity index is 2.00. The maximum atomic E-state index is 12.8. The number of rotatable bonds is 3. The fourth-order valence-corrected chi connectivity index (χ4v) is 2.54. The van der Waals surface area contributed by atoms with Gasteiger partial charge in [-0.1, -0.05) is 18.2 Å². The molecule has 1 fully saturated rings. The van der Waals surface area contributed by atoms with Gasteiger partial charge >= 0.3 is 6.18 Å². The summed E-state index contributed by atoms with van der Waals surface area (Å²) in [6.07, 6.45) is -0.629. The monoisotopic (exact) mass is 257 g/mol. The minimum absolute atomic E-state index is 0.426. The van der Waals surface area contributed by atoms with E-state index < -0.39 is 11.7 Å². The Kier molecular flexibility index (Phi) is 4.27. The van der Waals surface area contributed by atoms with Crippen molar-refractivity contribution in [3.8, 4) is 0 Å². The van der Waals surface area contributed by atoms with Crippen molar-refractivity contribution in [2.75, 3.05) is 13.1 Å². The molecule has 0 amide bonds. The van der Waals surface area contributed by atoms with Gasteiger partial charge in [-0.2, -0.15) is 13.2 Å². The first-order valence-corrected chi connectivity index (χ1v) is 6.43. The van der Waals surface area contributed by atoms with E-state index >= 15 is 0 Å². The van der Waals surface area contributed by atoms with Crippen molar-refractivity contribution in [2.24, 2.45) is 5.92 Å². The molecule has 0 aliphatic carbocycles. The van der Waals surface area contributed by atoms with Crippen LogP contribution in [-0.2, 0) is 12.6 Å². The maximum Gasteiger partial charge on any atom is 0.416 e. The molecule has 0 radical (unpaired) electrons. The van der Waals surface area contributed by atoms with E-state index in [4.69, 9.17) is 0 Å². The molecule has 1 nitrogen and oxygen atoms in total. The largest absolute Gasteiger partial charge is 0.416 e. The quantitative estimate of drug-likeness (QED) is 0.871. The average Bonchev–Trinajstić information content (AvgIpc) is 2.37. The molecule has 1 aromatic rings. The zero-order valence-corrected chi connectivity index (χ0v) is 10.3. The lowest BCUT2D eigenvalue weighted by molar-refractivity contribution is -0.138. The van der Waals surface area contributed by atoms with Crippen molar-refractivity contribution < 1.29 is 13.2 Å². The van der Waals surface area contributed by atoms with E-state index in [-0.39, 0.29) is 0 Å². The third-order valence-corrected chi connectivity index (χ3v) is 3.54. The summed E-state index contributed by atoms with van der Waals surface area (Å²) in [4.78, 5) is 0. The van der Waals surface area contributed by atoms with Crippen LogP contribution in [0.25, 0.3) is 0 Å². The van der Waals surface area contributed by atoms with Crippen molar-refractivity contribution in [3.05, 3.63) is 35.4 Å². The first-order valence-electron chi connectivity index (χ1n) is 6.43. The number of piperidine rings is 1. The normalized spacial score (nSPS) is 20.9. The van der Waals surface area contributed by atoms with Crippen LogP contribution in [0.4, 0.5) is 13.2 Å². The zero-order valence-electron chi connectivity index (χ0n) is 10.3. The standard InChI is InChI=1S/C14H18F3N/c15-14(16,17)13-6-2-1-5-12(13)8-7-11-4-3-9-18-10-11/h1-2,5-6,11,18H,3-4,7-10H2/t11-/m0/s1. The summed E-state index contributed by atoms with van der Waals surface area (Å²) < 4.78 is 38.4. The highest BCUT2D eigenvalue weighted by atomic mass is 19.4. The zero-order chi connectivity index (χ0) is 13.0. The fraction of sp³-hybridized carbons (Fsp3) is 0.571. The Morgan fingerprint density at radius 1 is 1.22 bits per heavy atom. The Labute approximate surface area is 105 Å². The first kappa shape index (κ1) is 13.4. The lowest BCUT2D eigenvalue weighted by Gasteiger charge is -2.23. The molecule has 2 rings (SSSR count). The summed E-state index contributed by atoms with van der Waals surface area (Å²) >= 11 is 0. The van der Waals surface area contributed by atoms with Crippen LogP contribution in [-0.4, -0.2) is 13.1 Å². The van der Waals surface area contributed by atoms with Crippen molar-refractivity contribution in [1.29, 1.82) is 0 Å². The second-order valence-corrected chi connectivity index (χ2v) is 4.91. The van der Waals surface area contributed by atoms with Crippen LogP contribution in [0.3, 0.4) is 0 Å². The van der Waals surface area contributed by atoms with Crippen molar-refractivity contribution >= 4 is 0 Å².